The molecule has 4 N–H and O–H groups in total. The minimum Gasteiger partial charge on any atom is -0.507 e. The van der Waals surface area contributed by atoms with Gasteiger partial charge in [0.05, 0.1) is 47.6 Å². The van der Waals surface area contributed by atoms with Crippen LogP contribution < -0.4 is 10.1 Å². The Hall–Kier alpha value is -5.12. The molecule has 5 bridgehead atoms. The van der Waals surface area contributed by atoms with Gasteiger partial charge >= 0.3 is 11.8 Å². The number of methoxy groups -OCH3 is 1. The van der Waals surface area contributed by atoms with E-state index in [-0.39, 0.29) is 22.4 Å². The second kappa shape index (κ2) is 17.8. The van der Waals surface area contributed by atoms with Crippen molar-refractivity contribution in [2.45, 2.75) is 105 Å². The first kappa shape index (κ1) is 44.0. The summed E-state index contributed by atoms with van der Waals surface area (Å²) in [6, 6.07) is 0. The second-order valence-electron chi connectivity index (χ2n) is 15.9. The average Bonchev–Trinajstić information content (AvgIpc) is 3.46. The van der Waals surface area contributed by atoms with Crippen LogP contribution in [0.2, 0.25) is 0 Å². The van der Waals surface area contributed by atoms with Gasteiger partial charge in [0, 0.05) is 68.9 Å². The van der Waals surface area contributed by atoms with Crippen molar-refractivity contribution in [3.8, 4) is 11.5 Å². The van der Waals surface area contributed by atoms with E-state index in [1.165, 1.54) is 59.6 Å². The SMILES string of the molecule is CO[C@H]1/C=C/O[C@@]2(C)Oc3c(C)c(O)c4c(c3C2=O)C(=O)C(N=CN2CCCCC2)=C(NC(=O)/C(C)=C\C=C\[C@H](C)[C@H](O)[C@@H](C)[C@@H](O)[C@@H](C)[C@H](OC(C)=O)[C@@H]1C)C4=O. The van der Waals surface area contributed by atoms with Gasteiger partial charge in [0.2, 0.25) is 11.6 Å². The topological polar surface area (TPSA) is 211 Å². The highest BCUT2D eigenvalue weighted by Crippen LogP contribution is 2.48. The summed E-state index contributed by atoms with van der Waals surface area (Å²) in [5.74, 6) is -9.38. The minimum atomic E-state index is -2.09. The molecule has 0 unspecified atom stereocenters. The lowest BCUT2D eigenvalue weighted by Gasteiger charge is -2.38. The van der Waals surface area contributed by atoms with Crippen molar-refractivity contribution in [2.24, 2.45) is 28.7 Å². The molecule has 314 valence electrons. The van der Waals surface area contributed by atoms with Crippen LogP contribution in [0, 0.1) is 30.6 Å². The number of hydrogen-bond donors (Lipinski definition) is 4. The number of ketones is 3. The number of carbonyl (C=O) groups excluding carboxylic acids is 5. The fourth-order valence-corrected chi connectivity index (χ4v) is 7.97. The molecule has 0 saturated carbocycles. The molecule has 1 amide bonds. The number of aliphatic imine (C=N–C) groups is 1. The summed E-state index contributed by atoms with van der Waals surface area (Å²) in [7, 11) is 1.42. The zero-order valence-corrected chi connectivity index (χ0v) is 34.5. The van der Waals surface area contributed by atoms with Gasteiger partial charge in [-0.15, -0.1) is 0 Å². The van der Waals surface area contributed by atoms with Crippen LogP contribution in [0.3, 0.4) is 0 Å². The summed E-state index contributed by atoms with van der Waals surface area (Å²) in [5, 5.41) is 36.8. The maximum Gasteiger partial charge on any atom is 0.312 e. The highest BCUT2D eigenvalue weighted by molar-refractivity contribution is 6.32. The number of aliphatic hydroxyl groups is 2. The number of benzene rings is 1. The number of aromatic hydroxyl groups is 1. The standard InChI is InChI=1S/C43H55N3O12/c1-21-14-13-15-22(2)42(54)45-33-32(44-20-46-17-11-10-12-18-46)37(51)29-30(38(33)52)36(50)26(6)40-31(29)41(53)43(8,58-40)56-19-16-28(55-9)23(3)39(57-27(7)47)25(5)35(49)24(4)34(21)48/h13-16,19-21,23-25,28,34-35,39,48-50H,10-12,17-18H2,1-9H3,(H,45,54)/b14-13+,19-16+,22-15-,44-20?/t21-,23+,24+,25+,28-,34-,35+,39+,43-/m0/s1. The summed E-state index contributed by atoms with van der Waals surface area (Å²) in [6.07, 6.45) is 7.65. The predicted octanol–water partition coefficient (Wildman–Crippen LogP) is 4.47. The van der Waals surface area contributed by atoms with Crippen LogP contribution in [-0.2, 0) is 23.8 Å². The number of piperidine rings is 1. The van der Waals surface area contributed by atoms with Gasteiger partial charge in [-0.05, 0) is 39.2 Å². The molecule has 0 spiro atoms. The van der Waals surface area contributed by atoms with Gasteiger partial charge in [-0.25, -0.2) is 4.99 Å². The quantitative estimate of drug-likeness (QED) is 0.188. The van der Waals surface area contributed by atoms with Gasteiger partial charge in [-0.3, -0.25) is 24.0 Å². The van der Waals surface area contributed by atoms with Gasteiger partial charge in [0.15, 0.2) is 0 Å². The smallest absolute Gasteiger partial charge is 0.312 e. The lowest BCUT2D eigenvalue weighted by Crippen LogP contribution is -2.46. The first-order valence-electron chi connectivity index (χ1n) is 19.7. The lowest BCUT2D eigenvalue weighted by molar-refractivity contribution is -0.160. The first-order chi connectivity index (χ1) is 27.3. The van der Waals surface area contributed by atoms with E-state index in [0.717, 1.165) is 19.3 Å². The second-order valence-corrected chi connectivity index (χ2v) is 15.9. The highest BCUT2D eigenvalue weighted by atomic mass is 16.7. The molecular weight excluding hydrogens is 750 g/mol. The summed E-state index contributed by atoms with van der Waals surface area (Å²) < 4.78 is 23.5. The highest BCUT2D eigenvalue weighted by Gasteiger charge is 2.53. The van der Waals surface area contributed by atoms with Crippen LogP contribution in [0.25, 0.3) is 0 Å². The van der Waals surface area contributed by atoms with Crippen LogP contribution in [0.5, 0.6) is 11.5 Å². The number of nitrogens with zero attached hydrogens (tertiary/aromatic N) is 2. The largest absolute Gasteiger partial charge is 0.507 e. The summed E-state index contributed by atoms with van der Waals surface area (Å²) in [4.78, 5) is 75.6. The van der Waals surface area contributed by atoms with Gasteiger partial charge < -0.3 is 44.5 Å². The number of Topliss-reactive ketones (excluding diaryl/α,β-unsaturated/α-hetero) is 3. The number of amides is 1. The van der Waals surface area contributed by atoms with E-state index in [2.05, 4.69) is 10.3 Å². The van der Waals surface area contributed by atoms with E-state index in [4.69, 9.17) is 18.9 Å². The number of esters is 1. The van der Waals surface area contributed by atoms with Crippen molar-refractivity contribution in [1.82, 2.24) is 10.2 Å². The fourth-order valence-electron chi connectivity index (χ4n) is 7.97. The van der Waals surface area contributed by atoms with Crippen molar-refractivity contribution in [2.75, 3.05) is 20.2 Å². The molecule has 1 fully saturated rings. The number of likely N-dealkylation sites (tertiary alicyclic amines) is 1. The molecule has 4 heterocycles. The van der Waals surface area contributed by atoms with Crippen molar-refractivity contribution in [1.29, 1.82) is 0 Å². The third-order valence-electron chi connectivity index (χ3n) is 11.7. The van der Waals surface area contributed by atoms with E-state index in [9.17, 15) is 39.3 Å². The Labute approximate surface area is 338 Å². The number of allylic oxidation sites excluding steroid dienone is 4. The van der Waals surface area contributed by atoms with E-state index in [1.54, 1.807) is 39.8 Å². The van der Waals surface area contributed by atoms with E-state index in [0.29, 0.717) is 13.1 Å². The van der Waals surface area contributed by atoms with Gasteiger partial charge in [0.1, 0.15) is 29.0 Å². The van der Waals surface area contributed by atoms with Gasteiger partial charge in [0.25, 0.3) is 11.7 Å². The van der Waals surface area contributed by atoms with E-state index >= 15 is 0 Å². The monoisotopic (exact) mass is 805 g/mol. The van der Waals surface area contributed by atoms with Crippen LogP contribution >= 0.6 is 0 Å². The molecule has 15 nitrogen and oxygen atoms in total. The van der Waals surface area contributed by atoms with Crippen LogP contribution in [-0.4, -0.2) is 106 Å². The number of nitrogens with one attached hydrogen (secondary N) is 1. The molecule has 0 aromatic heterocycles. The maximum atomic E-state index is 14.6. The van der Waals surface area contributed by atoms with Crippen molar-refractivity contribution in [3.05, 3.63) is 69.8 Å². The molecule has 5 aliphatic rings. The number of aliphatic hydroxyl groups excluding tert-OH is 2. The normalized spacial score (nSPS) is 33.3. The zero-order valence-electron chi connectivity index (χ0n) is 34.5. The Morgan fingerprint density at radius 2 is 1.62 bits per heavy atom. The van der Waals surface area contributed by atoms with Gasteiger partial charge in [-0.2, -0.15) is 0 Å². The van der Waals surface area contributed by atoms with Gasteiger partial charge in [-0.1, -0.05) is 45.9 Å². The summed E-state index contributed by atoms with van der Waals surface area (Å²) in [6.45, 7) is 13.7. The van der Waals surface area contributed by atoms with Crippen LogP contribution in [0.15, 0.2) is 52.5 Å². The molecular formula is C43H55N3O12. The number of carbonyl (C=O) groups is 5. The Morgan fingerprint density at radius 1 is 0.948 bits per heavy atom. The average molecular weight is 806 g/mol. The molecule has 6 rings (SSSR count). The fraction of sp³-hybridized carbons (Fsp3) is 0.535. The number of fused-ring (bicyclic) bond motifs is 14. The molecule has 1 saturated heterocycles. The number of phenolic OH excluding ortho intramolecular Hbond substituents is 1. The Morgan fingerprint density at radius 3 is 2.26 bits per heavy atom. The Bertz CT molecular complexity index is 1990. The van der Waals surface area contributed by atoms with E-state index in [1.807, 2.05) is 4.90 Å². The number of ether oxygens (including phenoxy) is 4. The van der Waals surface area contributed by atoms with Crippen LogP contribution in [0.4, 0.5) is 0 Å². The zero-order chi connectivity index (χ0) is 42.8. The molecule has 15 heteroatoms. The number of hydrogen-bond acceptors (Lipinski definition) is 13. The minimum absolute atomic E-state index is 0.0112. The van der Waals surface area contributed by atoms with Crippen molar-refractivity contribution < 1.29 is 58.2 Å². The molecule has 1 aromatic carbocycles. The predicted molar refractivity (Wildman–Crippen MR) is 212 cm³/mol. The van der Waals surface area contributed by atoms with E-state index < -0.39 is 111 Å². The van der Waals surface area contributed by atoms with Crippen molar-refractivity contribution in [3.63, 3.8) is 0 Å². The molecule has 4 aliphatic heterocycles. The molecule has 9 atom stereocenters. The molecule has 58 heavy (non-hydrogen) atoms. The molecule has 1 aliphatic carbocycles. The summed E-state index contributed by atoms with van der Waals surface area (Å²) in [5.41, 5.74) is -2.00. The first-order valence-corrected chi connectivity index (χ1v) is 19.7. The third-order valence-corrected chi connectivity index (χ3v) is 11.7. The maximum absolute atomic E-state index is 14.6. The Balaban J connectivity index is 1.66. The number of phenols is 1. The number of rotatable bonds is 4. The van der Waals surface area contributed by atoms with Crippen LogP contribution in [0.1, 0.15) is 104 Å². The summed E-state index contributed by atoms with van der Waals surface area (Å²) >= 11 is 0. The lowest BCUT2D eigenvalue weighted by atomic mass is 9.78. The van der Waals surface area contributed by atoms with Crippen molar-refractivity contribution >= 4 is 35.6 Å². The molecule has 0 radical (unpaired) electrons. The third kappa shape index (κ3) is 8.52. The molecule has 1 aromatic rings. The Kier molecular flexibility index (Phi) is 13.5.